The molecule has 68 valence electrons. The first-order valence-electron chi connectivity index (χ1n) is 4.34. The Labute approximate surface area is 77.8 Å². The number of thioether (sulfide) groups is 1. The van der Waals surface area contributed by atoms with Crippen LogP contribution in [0.15, 0.2) is 4.99 Å². The Morgan fingerprint density at radius 3 is 2.92 bits per heavy atom. The van der Waals surface area contributed by atoms with Crippen molar-refractivity contribution in [1.29, 1.82) is 0 Å². The molecule has 1 heterocycles. The van der Waals surface area contributed by atoms with Gasteiger partial charge >= 0.3 is 0 Å². The lowest BCUT2D eigenvalue weighted by Crippen LogP contribution is -2.22. The predicted molar refractivity (Wildman–Crippen MR) is 52.2 cm³/mol. The van der Waals surface area contributed by atoms with Gasteiger partial charge in [0.05, 0.1) is 6.54 Å². The second-order valence-corrected chi connectivity index (χ2v) is 5.45. The molecule has 0 aliphatic carbocycles. The summed E-state index contributed by atoms with van der Waals surface area (Å²) in [6.45, 7) is 5.21. The molecular formula is C9H15NOS. The molecule has 0 radical (unpaired) electrons. The molecule has 0 aromatic rings. The maximum Gasteiger partial charge on any atom is 0.234 e. The molecule has 0 saturated carbocycles. The molecule has 0 bridgehead atoms. The molecule has 1 rings (SSSR count). The second-order valence-electron chi connectivity index (χ2n) is 3.70. The highest BCUT2D eigenvalue weighted by Crippen LogP contribution is 2.43. The van der Waals surface area contributed by atoms with Gasteiger partial charge in [0.1, 0.15) is 0 Å². The van der Waals surface area contributed by atoms with Crippen LogP contribution in [0.1, 0.15) is 26.7 Å². The number of hydrogen-bond donors (Lipinski definition) is 0. The van der Waals surface area contributed by atoms with Crippen molar-refractivity contribution < 1.29 is 4.79 Å². The van der Waals surface area contributed by atoms with Crippen LogP contribution >= 0.6 is 11.8 Å². The molecule has 0 aromatic heterocycles. The third kappa shape index (κ3) is 2.36. The van der Waals surface area contributed by atoms with Crippen LogP contribution in [0.3, 0.4) is 0 Å². The fourth-order valence-corrected chi connectivity index (χ4v) is 3.09. The fraction of sp³-hybridized carbons (Fsp3) is 0.889. The summed E-state index contributed by atoms with van der Waals surface area (Å²) in [4.78, 5) is 13.4. The zero-order chi connectivity index (χ0) is 9.03. The molecule has 2 nitrogen and oxygen atoms in total. The zero-order valence-corrected chi connectivity index (χ0v) is 8.49. The quantitative estimate of drug-likeness (QED) is 0.498. The first-order valence-corrected chi connectivity index (χ1v) is 5.33. The summed E-state index contributed by atoms with van der Waals surface area (Å²) in [5.74, 6) is 1.97. The molecule has 1 fully saturated rings. The lowest BCUT2D eigenvalue weighted by molar-refractivity contribution is 0.412. The van der Waals surface area contributed by atoms with E-state index in [4.69, 9.17) is 0 Å². The summed E-state index contributed by atoms with van der Waals surface area (Å²) >= 11 is 2.03. The van der Waals surface area contributed by atoms with Crippen LogP contribution in [-0.4, -0.2) is 23.1 Å². The summed E-state index contributed by atoms with van der Waals surface area (Å²) in [7, 11) is 0. The van der Waals surface area contributed by atoms with Gasteiger partial charge in [0.2, 0.25) is 6.08 Å². The van der Waals surface area contributed by atoms with Gasteiger partial charge in [0.25, 0.3) is 0 Å². The van der Waals surface area contributed by atoms with E-state index in [2.05, 4.69) is 18.8 Å². The minimum Gasteiger partial charge on any atom is -0.211 e. The van der Waals surface area contributed by atoms with Gasteiger partial charge in [-0.05, 0) is 24.5 Å². The Hall–Kier alpha value is -0.270. The summed E-state index contributed by atoms with van der Waals surface area (Å²) in [5.41, 5.74) is 0. The average Bonchev–Trinajstić information content (AvgIpc) is 2.32. The van der Waals surface area contributed by atoms with Crippen molar-refractivity contribution in [3.05, 3.63) is 0 Å². The Balaban J connectivity index is 2.36. The first kappa shape index (κ1) is 9.82. The summed E-state index contributed by atoms with van der Waals surface area (Å²) in [6.07, 6.45) is 3.89. The van der Waals surface area contributed by atoms with Gasteiger partial charge in [-0.25, -0.2) is 9.79 Å². The number of carbonyl (C=O) groups excluding carboxylic acids is 1. The van der Waals surface area contributed by atoms with E-state index in [1.54, 1.807) is 6.08 Å². The van der Waals surface area contributed by atoms with E-state index in [9.17, 15) is 4.79 Å². The largest absolute Gasteiger partial charge is 0.234 e. The minimum atomic E-state index is 0.387. The number of aliphatic imine (C=N–C) groups is 1. The molecule has 0 N–H and O–H groups in total. The van der Waals surface area contributed by atoms with Gasteiger partial charge < -0.3 is 0 Å². The molecular weight excluding hydrogens is 170 g/mol. The number of hydrogen-bond acceptors (Lipinski definition) is 3. The van der Waals surface area contributed by atoms with E-state index in [1.165, 1.54) is 12.2 Å². The Bertz CT molecular complexity index is 197. The van der Waals surface area contributed by atoms with Gasteiger partial charge in [-0.1, -0.05) is 13.8 Å². The highest BCUT2D eigenvalue weighted by Gasteiger charge is 2.34. The van der Waals surface area contributed by atoms with Crippen molar-refractivity contribution in [1.82, 2.24) is 0 Å². The van der Waals surface area contributed by atoms with Crippen LogP contribution in [-0.2, 0) is 4.79 Å². The molecule has 1 aliphatic heterocycles. The normalized spacial score (nSPS) is 26.7. The van der Waals surface area contributed by atoms with Crippen LogP contribution in [0.4, 0.5) is 0 Å². The van der Waals surface area contributed by atoms with Crippen LogP contribution in [0.25, 0.3) is 0 Å². The molecule has 12 heavy (non-hydrogen) atoms. The third-order valence-corrected chi connectivity index (χ3v) is 4.09. The van der Waals surface area contributed by atoms with Gasteiger partial charge in [0, 0.05) is 4.75 Å². The topological polar surface area (TPSA) is 29.4 Å². The lowest BCUT2D eigenvalue weighted by atomic mass is 9.90. The average molecular weight is 185 g/mol. The standard InChI is InChI=1S/C9H15NOS/c1-9(2)8(4-6-12-9)3-5-10-7-11/h8H,3-6H2,1-2H3. The summed E-state index contributed by atoms with van der Waals surface area (Å²) in [6, 6.07) is 0. The molecule has 0 spiro atoms. The van der Waals surface area contributed by atoms with Crippen molar-refractivity contribution in [3.8, 4) is 0 Å². The molecule has 1 atom stereocenters. The highest BCUT2D eigenvalue weighted by molar-refractivity contribution is 8.00. The molecule has 1 unspecified atom stereocenters. The van der Waals surface area contributed by atoms with E-state index in [1.807, 2.05) is 11.8 Å². The van der Waals surface area contributed by atoms with Crippen LogP contribution in [0, 0.1) is 5.92 Å². The van der Waals surface area contributed by atoms with Gasteiger partial charge in [-0.3, -0.25) is 0 Å². The van der Waals surface area contributed by atoms with E-state index >= 15 is 0 Å². The summed E-state index contributed by atoms with van der Waals surface area (Å²) in [5, 5.41) is 0. The minimum absolute atomic E-state index is 0.387. The molecule has 0 amide bonds. The number of isocyanates is 1. The fourth-order valence-electron chi connectivity index (χ4n) is 1.69. The first-order chi connectivity index (χ1) is 5.67. The van der Waals surface area contributed by atoms with Crippen molar-refractivity contribution >= 4 is 17.8 Å². The van der Waals surface area contributed by atoms with E-state index in [-0.39, 0.29) is 0 Å². The van der Waals surface area contributed by atoms with Crippen LogP contribution < -0.4 is 0 Å². The molecule has 1 aliphatic rings. The van der Waals surface area contributed by atoms with Crippen molar-refractivity contribution in [2.24, 2.45) is 10.9 Å². The molecule has 1 saturated heterocycles. The Kier molecular flexibility index (Phi) is 3.36. The Morgan fingerprint density at radius 2 is 2.42 bits per heavy atom. The molecule has 3 heteroatoms. The van der Waals surface area contributed by atoms with Gasteiger partial charge in [-0.2, -0.15) is 11.8 Å². The zero-order valence-electron chi connectivity index (χ0n) is 7.67. The smallest absolute Gasteiger partial charge is 0.211 e. The number of rotatable bonds is 3. The van der Waals surface area contributed by atoms with Crippen molar-refractivity contribution in [2.45, 2.75) is 31.4 Å². The summed E-state index contributed by atoms with van der Waals surface area (Å²) < 4.78 is 0.387. The highest BCUT2D eigenvalue weighted by atomic mass is 32.2. The molecule has 0 aromatic carbocycles. The van der Waals surface area contributed by atoms with E-state index in [0.717, 1.165) is 12.3 Å². The van der Waals surface area contributed by atoms with E-state index in [0.29, 0.717) is 11.3 Å². The van der Waals surface area contributed by atoms with Crippen molar-refractivity contribution in [2.75, 3.05) is 12.3 Å². The monoisotopic (exact) mass is 185 g/mol. The second kappa shape index (κ2) is 4.11. The lowest BCUT2D eigenvalue weighted by Gasteiger charge is -2.24. The van der Waals surface area contributed by atoms with Crippen LogP contribution in [0.5, 0.6) is 0 Å². The Morgan fingerprint density at radius 1 is 1.67 bits per heavy atom. The van der Waals surface area contributed by atoms with Crippen LogP contribution in [0.2, 0.25) is 0 Å². The predicted octanol–water partition coefficient (Wildman–Crippen LogP) is 2.24. The maximum atomic E-state index is 9.84. The maximum absolute atomic E-state index is 9.84. The van der Waals surface area contributed by atoms with Crippen molar-refractivity contribution in [3.63, 3.8) is 0 Å². The van der Waals surface area contributed by atoms with E-state index < -0.39 is 0 Å². The third-order valence-electron chi connectivity index (χ3n) is 2.58. The van der Waals surface area contributed by atoms with Gasteiger partial charge in [-0.15, -0.1) is 0 Å². The SMILES string of the molecule is CC1(C)SCCC1CCN=C=O. The number of nitrogens with zero attached hydrogens (tertiary/aromatic N) is 1. The van der Waals surface area contributed by atoms with Gasteiger partial charge in [0.15, 0.2) is 0 Å².